The molecule has 1 atom stereocenters. The van der Waals surface area contributed by atoms with Gasteiger partial charge in [-0.2, -0.15) is 0 Å². The number of ether oxygens (including phenoxy) is 1. The van der Waals surface area contributed by atoms with Crippen molar-refractivity contribution >= 4 is 5.91 Å². The molecule has 1 amide bonds. The number of amides is 1. The number of hydrogen-bond acceptors (Lipinski definition) is 2. The largest absolute Gasteiger partial charge is 0.494 e. The molecule has 1 aromatic rings. The normalized spacial score (nSPS) is 20.4. The molecule has 1 unspecified atom stereocenters. The summed E-state index contributed by atoms with van der Waals surface area (Å²) in [5.74, 6) is -0.455. The molecule has 4 heteroatoms. The fourth-order valence-electron chi connectivity index (χ4n) is 1.99. The van der Waals surface area contributed by atoms with Crippen LogP contribution in [0.4, 0.5) is 4.39 Å². The molecule has 1 saturated heterocycles. The van der Waals surface area contributed by atoms with Crippen LogP contribution in [-0.2, 0) is 4.79 Å². The van der Waals surface area contributed by atoms with Crippen LogP contribution in [0, 0.1) is 5.82 Å². The molecule has 0 saturated carbocycles. The van der Waals surface area contributed by atoms with Crippen molar-refractivity contribution in [2.45, 2.75) is 18.8 Å². The van der Waals surface area contributed by atoms with Crippen molar-refractivity contribution in [3.63, 3.8) is 0 Å². The average Bonchev–Trinajstić information content (AvgIpc) is 2.29. The number of rotatable bonds is 2. The number of halogens is 1. The Balaban J connectivity index is 2.26. The van der Waals surface area contributed by atoms with Crippen molar-refractivity contribution in [3.05, 3.63) is 29.6 Å². The van der Waals surface area contributed by atoms with Crippen LogP contribution in [-0.4, -0.2) is 19.6 Å². The smallest absolute Gasteiger partial charge is 0.227 e. The first-order valence-corrected chi connectivity index (χ1v) is 5.33. The van der Waals surface area contributed by atoms with Crippen LogP contribution in [0.25, 0.3) is 0 Å². The summed E-state index contributed by atoms with van der Waals surface area (Å²) in [7, 11) is 1.42. The highest BCUT2D eigenvalue weighted by Gasteiger charge is 2.24. The number of nitrogens with one attached hydrogen (secondary N) is 1. The first kappa shape index (κ1) is 10.9. The molecule has 1 aromatic carbocycles. The Labute approximate surface area is 93.6 Å². The van der Waals surface area contributed by atoms with Crippen molar-refractivity contribution < 1.29 is 13.9 Å². The van der Waals surface area contributed by atoms with Crippen molar-refractivity contribution in [2.24, 2.45) is 0 Å². The molecular weight excluding hydrogens is 209 g/mol. The summed E-state index contributed by atoms with van der Waals surface area (Å²) in [6.45, 7) is 0.716. The predicted molar refractivity (Wildman–Crippen MR) is 57.9 cm³/mol. The molecule has 1 heterocycles. The van der Waals surface area contributed by atoms with Gasteiger partial charge in [-0.15, -0.1) is 0 Å². The lowest BCUT2D eigenvalue weighted by molar-refractivity contribution is -0.123. The van der Waals surface area contributed by atoms with Crippen molar-refractivity contribution in [2.75, 3.05) is 13.7 Å². The van der Waals surface area contributed by atoms with Crippen LogP contribution < -0.4 is 10.1 Å². The molecule has 16 heavy (non-hydrogen) atoms. The van der Waals surface area contributed by atoms with E-state index in [0.717, 1.165) is 18.4 Å². The molecule has 1 fully saturated rings. The number of benzene rings is 1. The molecule has 1 aliphatic rings. The maximum atomic E-state index is 13.5. The van der Waals surface area contributed by atoms with Crippen LogP contribution in [0.1, 0.15) is 24.3 Å². The summed E-state index contributed by atoms with van der Waals surface area (Å²) in [6, 6.07) is 4.69. The SMILES string of the molecule is COc1ccc(C2CCCNC2=O)cc1F. The standard InChI is InChI=1S/C12H14FNO2/c1-16-11-5-4-8(7-10(11)13)9-3-2-6-14-12(9)15/h4-5,7,9H,2-3,6H2,1H3,(H,14,15). The van der Waals surface area contributed by atoms with E-state index in [1.807, 2.05) is 0 Å². The first-order chi connectivity index (χ1) is 7.72. The van der Waals surface area contributed by atoms with Gasteiger partial charge in [0.1, 0.15) is 0 Å². The Morgan fingerprint density at radius 3 is 2.94 bits per heavy atom. The minimum absolute atomic E-state index is 0.0178. The van der Waals surface area contributed by atoms with Crippen LogP contribution in [0.15, 0.2) is 18.2 Å². The number of hydrogen-bond donors (Lipinski definition) is 1. The number of piperidine rings is 1. The van der Waals surface area contributed by atoms with Gasteiger partial charge in [-0.25, -0.2) is 4.39 Å². The molecule has 2 rings (SSSR count). The van der Waals surface area contributed by atoms with Crippen LogP contribution in [0.2, 0.25) is 0 Å². The van der Waals surface area contributed by atoms with Crippen molar-refractivity contribution in [1.29, 1.82) is 0 Å². The third-order valence-corrected chi connectivity index (χ3v) is 2.86. The van der Waals surface area contributed by atoms with E-state index >= 15 is 0 Å². The molecule has 0 aromatic heterocycles. The van der Waals surface area contributed by atoms with Crippen molar-refractivity contribution in [1.82, 2.24) is 5.32 Å². The van der Waals surface area contributed by atoms with Crippen LogP contribution in [0.3, 0.4) is 0 Å². The van der Waals surface area contributed by atoms with Gasteiger partial charge < -0.3 is 10.1 Å². The summed E-state index contributed by atoms with van der Waals surface area (Å²) in [5.41, 5.74) is 0.718. The van der Waals surface area contributed by atoms with Gasteiger partial charge in [-0.1, -0.05) is 6.07 Å². The maximum absolute atomic E-state index is 13.5. The fourth-order valence-corrected chi connectivity index (χ4v) is 1.99. The van der Waals surface area contributed by atoms with E-state index in [2.05, 4.69) is 5.32 Å². The highest BCUT2D eigenvalue weighted by atomic mass is 19.1. The summed E-state index contributed by atoms with van der Waals surface area (Å²) >= 11 is 0. The maximum Gasteiger partial charge on any atom is 0.227 e. The number of carbonyl (C=O) groups excluding carboxylic acids is 1. The molecule has 86 valence electrons. The quantitative estimate of drug-likeness (QED) is 0.830. The lowest BCUT2D eigenvalue weighted by Gasteiger charge is -2.22. The van der Waals surface area contributed by atoms with Crippen LogP contribution in [0.5, 0.6) is 5.75 Å². The number of carbonyl (C=O) groups is 1. The first-order valence-electron chi connectivity index (χ1n) is 5.33. The zero-order valence-electron chi connectivity index (χ0n) is 9.13. The Bertz CT molecular complexity index is 406. The summed E-state index contributed by atoms with van der Waals surface area (Å²) in [4.78, 5) is 11.6. The fraction of sp³-hybridized carbons (Fsp3) is 0.417. The molecule has 0 spiro atoms. The summed E-state index contributed by atoms with van der Waals surface area (Å²) in [5, 5.41) is 2.79. The van der Waals surface area contributed by atoms with Gasteiger partial charge in [0.05, 0.1) is 13.0 Å². The molecule has 3 nitrogen and oxygen atoms in total. The molecule has 0 bridgehead atoms. The van der Waals surface area contributed by atoms with E-state index in [4.69, 9.17) is 4.74 Å². The Kier molecular flexibility index (Phi) is 3.08. The second kappa shape index (κ2) is 4.51. The lowest BCUT2D eigenvalue weighted by Crippen LogP contribution is -2.35. The molecular formula is C12H14FNO2. The van der Waals surface area contributed by atoms with Gasteiger partial charge in [0.15, 0.2) is 11.6 Å². The second-order valence-corrected chi connectivity index (χ2v) is 3.88. The molecule has 1 aliphatic heterocycles. The van der Waals surface area contributed by atoms with Gasteiger partial charge in [0.25, 0.3) is 0 Å². The van der Waals surface area contributed by atoms with Gasteiger partial charge in [-0.05, 0) is 30.5 Å². The topological polar surface area (TPSA) is 38.3 Å². The Hall–Kier alpha value is -1.58. The van der Waals surface area contributed by atoms with E-state index in [9.17, 15) is 9.18 Å². The second-order valence-electron chi connectivity index (χ2n) is 3.88. The Morgan fingerprint density at radius 2 is 2.31 bits per heavy atom. The summed E-state index contributed by atoms with van der Waals surface area (Å²) < 4.78 is 18.3. The van der Waals surface area contributed by atoms with Gasteiger partial charge in [0, 0.05) is 6.54 Å². The lowest BCUT2D eigenvalue weighted by atomic mass is 9.91. The van der Waals surface area contributed by atoms with Crippen molar-refractivity contribution in [3.8, 4) is 5.75 Å². The zero-order valence-corrected chi connectivity index (χ0v) is 9.13. The van der Waals surface area contributed by atoms with Crippen LogP contribution >= 0.6 is 0 Å². The average molecular weight is 223 g/mol. The Morgan fingerprint density at radius 1 is 1.50 bits per heavy atom. The van der Waals surface area contributed by atoms with Gasteiger partial charge in [0.2, 0.25) is 5.91 Å². The van der Waals surface area contributed by atoms with Gasteiger partial charge in [-0.3, -0.25) is 4.79 Å². The van der Waals surface area contributed by atoms with E-state index < -0.39 is 5.82 Å². The zero-order chi connectivity index (χ0) is 11.5. The van der Waals surface area contributed by atoms with E-state index in [1.54, 1.807) is 12.1 Å². The third kappa shape index (κ3) is 2.01. The van der Waals surface area contributed by atoms with E-state index in [-0.39, 0.29) is 17.6 Å². The molecule has 0 aliphatic carbocycles. The minimum atomic E-state index is -0.418. The van der Waals surface area contributed by atoms with E-state index in [1.165, 1.54) is 13.2 Å². The predicted octanol–water partition coefficient (Wildman–Crippen LogP) is 1.83. The summed E-state index contributed by atoms with van der Waals surface area (Å²) in [6.07, 6.45) is 1.71. The molecule has 0 radical (unpaired) electrons. The molecule has 1 N–H and O–H groups in total. The highest BCUT2D eigenvalue weighted by molar-refractivity contribution is 5.84. The third-order valence-electron chi connectivity index (χ3n) is 2.86. The van der Waals surface area contributed by atoms with E-state index in [0.29, 0.717) is 6.54 Å². The highest BCUT2D eigenvalue weighted by Crippen LogP contribution is 2.27. The number of methoxy groups -OCH3 is 1. The monoisotopic (exact) mass is 223 g/mol. The van der Waals surface area contributed by atoms with Gasteiger partial charge >= 0.3 is 0 Å². The minimum Gasteiger partial charge on any atom is -0.494 e.